The van der Waals surface area contributed by atoms with Crippen LogP contribution >= 0.6 is 0 Å². The van der Waals surface area contributed by atoms with Crippen molar-refractivity contribution in [1.29, 1.82) is 0 Å². The van der Waals surface area contributed by atoms with Crippen molar-refractivity contribution in [2.24, 2.45) is 0 Å². The summed E-state index contributed by atoms with van der Waals surface area (Å²) < 4.78 is 5.18. The number of hydrogen-bond acceptors (Lipinski definition) is 4. The fraction of sp³-hybridized carbons (Fsp3) is 0.471. The third-order valence-corrected chi connectivity index (χ3v) is 3.49. The highest BCUT2D eigenvalue weighted by atomic mass is 16.5. The summed E-state index contributed by atoms with van der Waals surface area (Å²) in [4.78, 5) is 16.5. The minimum absolute atomic E-state index is 0.0328. The molecule has 0 radical (unpaired) electrons. The Labute approximate surface area is 131 Å². The van der Waals surface area contributed by atoms with Crippen LogP contribution in [0.1, 0.15) is 59.4 Å². The van der Waals surface area contributed by atoms with Crippen molar-refractivity contribution in [2.45, 2.75) is 46.5 Å². The van der Waals surface area contributed by atoms with E-state index in [1.165, 1.54) is 0 Å². The quantitative estimate of drug-likeness (QED) is 0.832. The molecule has 0 aliphatic carbocycles. The molecule has 0 bridgehead atoms. The number of nitrogens with zero attached hydrogens (tertiary/aromatic N) is 2. The van der Waals surface area contributed by atoms with E-state index in [2.05, 4.69) is 15.5 Å². The van der Waals surface area contributed by atoms with Gasteiger partial charge in [0.05, 0.1) is 0 Å². The van der Waals surface area contributed by atoms with E-state index < -0.39 is 0 Å². The molecule has 0 aliphatic heterocycles. The van der Waals surface area contributed by atoms with Gasteiger partial charge in [0.1, 0.15) is 0 Å². The van der Waals surface area contributed by atoms with Gasteiger partial charge in [0, 0.05) is 24.4 Å². The minimum Gasteiger partial charge on any atom is -0.352 e. The van der Waals surface area contributed by atoms with Crippen LogP contribution in [0.3, 0.4) is 0 Å². The Hall–Kier alpha value is -2.17. The maximum Gasteiger partial charge on any atom is 0.251 e. The van der Waals surface area contributed by atoms with Gasteiger partial charge in [-0.3, -0.25) is 4.79 Å². The molecule has 2 aromatic rings. The zero-order chi connectivity index (χ0) is 16.1. The second-order valence-corrected chi connectivity index (χ2v) is 5.88. The first-order valence-corrected chi connectivity index (χ1v) is 7.65. The number of carbonyl (C=O) groups excluding carboxylic acids is 1. The molecule has 0 atom stereocenters. The van der Waals surface area contributed by atoms with E-state index in [-0.39, 0.29) is 11.8 Å². The van der Waals surface area contributed by atoms with E-state index in [1.54, 1.807) is 0 Å². The Morgan fingerprint density at radius 2 is 2.09 bits per heavy atom. The fourth-order valence-electron chi connectivity index (χ4n) is 2.12. The van der Waals surface area contributed by atoms with Gasteiger partial charge >= 0.3 is 0 Å². The van der Waals surface area contributed by atoms with E-state index in [0.717, 1.165) is 28.9 Å². The molecule has 5 nitrogen and oxygen atoms in total. The fourth-order valence-corrected chi connectivity index (χ4v) is 2.12. The summed E-state index contributed by atoms with van der Waals surface area (Å²) in [6.45, 7) is 8.57. The molecule has 5 heteroatoms. The number of amides is 1. The zero-order valence-electron chi connectivity index (χ0n) is 13.6. The van der Waals surface area contributed by atoms with Gasteiger partial charge in [-0.1, -0.05) is 36.7 Å². The third kappa shape index (κ3) is 4.16. The monoisotopic (exact) mass is 301 g/mol. The number of benzene rings is 1. The molecule has 0 unspecified atom stereocenters. The first-order valence-electron chi connectivity index (χ1n) is 7.65. The van der Waals surface area contributed by atoms with Crippen LogP contribution in [0.2, 0.25) is 0 Å². The van der Waals surface area contributed by atoms with Crippen molar-refractivity contribution in [3.05, 3.63) is 46.6 Å². The smallest absolute Gasteiger partial charge is 0.251 e. The molecule has 2 rings (SSSR count). The van der Waals surface area contributed by atoms with E-state index in [4.69, 9.17) is 4.52 Å². The summed E-state index contributed by atoms with van der Waals surface area (Å²) in [5.41, 5.74) is 2.81. The molecule has 0 fully saturated rings. The summed E-state index contributed by atoms with van der Waals surface area (Å²) in [5, 5.41) is 6.86. The van der Waals surface area contributed by atoms with Crippen LogP contribution in [0.25, 0.3) is 0 Å². The van der Waals surface area contributed by atoms with Crippen molar-refractivity contribution >= 4 is 5.91 Å². The molecule has 0 saturated heterocycles. The molecule has 0 aliphatic rings. The van der Waals surface area contributed by atoms with Gasteiger partial charge in [-0.05, 0) is 31.9 Å². The molecule has 118 valence electrons. The third-order valence-electron chi connectivity index (χ3n) is 3.49. The highest BCUT2D eigenvalue weighted by Crippen LogP contribution is 2.11. The normalized spacial score (nSPS) is 11.0. The number of rotatable bonds is 6. The second-order valence-electron chi connectivity index (χ2n) is 5.88. The average molecular weight is 301 g/mol. The minimum atomic E-state index is -0.0328. The van der Waals surface area contributed by atoms with Crippen molar-refractivity contribution < 1.29 is 9.32 Å². The van der Waals surface area contributed by atoms with Gasteiger partial charge < -0.3 is 9.84 Å². The molecule has 22 heavy (non-hydrogen) atoms. The van der Waals surface area contributed by atoms with Gasteiger partial charge in [-0.15, -0.1) is 0 Å². The van der Waals surface area contributed by atoms with Gasteiger partial charge in [0.25, 0.3) is 5.91 Å². The number of aryl methyl sites for hydroxylation is 3. The van der Waals surface area contributed by atoms with Crippen molar-refractivity contribution in [3.8, 4) is 0 Å². The summed E-state index contributed by atoms with van der Waals surface area (Å²) >= 11 is 0. The van der Waals surface area contributed by atoms with Crippen LogP contribution in [0.15, 0.2) is 22.7 Å². The zero-order valence-corrected chi connectivity index (χ0v) is 13.6. The Balaban J connectivity index is 1.80. The Kier molecular flexibility index (Phi) is 5.31. The predicted molar refractivity (Wildman–Crippen MR) is 85.0 cm³/mol. The van der Waals surface area contributed by atoms with Crippen molar-refractivity contribution in [1.82, 2.24) is 15.5 Å². The van der Waals surface area contributed by atoms with Crippen LogP contribution in [0.5, 0.6) is 0 Å². The maximum absolute atomic E-state index is 12.2. The van der Waals surface area contributed by atoms with Gasteiger partial charge in [-0.25, -0.2) is 0 Å². The molecule has 1 aromatic heterocycles. The Bertz CT molecular complexity index is 647. The van der Waals surface area contributed by atoms with Gasteiger partial charge in [0.15, 0.2) is 5.82 Å². The number of carbonyl (C=O) groups is 1. The summed E-state index contributed by atoms with van der Waals surface area (Å²) in [5.74, 6) is 1.59. The van der Waals surface area contributed by atoms with Crippen LogP contribution in [0, 0.1) is 13.8 Å². The van der Waals surface area contributed by atoms with Crippen LogP contribution in [-0.4, -0.2) is 22.6 Å². The molecule has 1 aromatic carbocycles. The van der Waals surface area contributed by atoms with Crippen molar-refractivity contribution in [3.63, 3.8) is 0 Å². The first-order chi connectivity index (χ1) is 10.5. The van der Waals surface area contributed by atoms with Crippen LogP contribution < -0.4 is 5.32 Å². The number of nitrogens with one attached hydrogen (secondary N) is 1. The molecular weight excluding hydrogens is 278 g/mol. The molecule has 0 spiro atoms. The van der Waals surface area contributed by atoms with Gasteiger partial charge in [0.2, 0.25) is 5.89 Å². The summed E-state index contributed by atoms with van der Waals surface area (Å²) in [6, 6.07) is 5.89. The standard InChI is InChI=1S/C17H23N3O2/c1-11(2)16-19-15(22-20-16)6-5-9-18-17(21)14-10-12(3)7-8-13(14)4/h7-8,10-11H,5-6,9H2,1-4H3,(H,18,21). The first kappa shape index (κ1) is 16.2. The van der Waals surface area contributed by atoms with Crippen LogP contribution in [0.4, 0.5) is 0 Å². The molecule has 1 N–H and O–H groups in total. The summed E-state index contributed by atoms with van der Waals surface area (Å²) in [6.07, 6.45) is 1.45. The number of hydrogen-bond donors (Lipinski definition) is 1. The highest BCUT2D eigenvalue weighted by Gasteiger charge is 2.11. The molecule has 1 amide bonds. The van der Waals surface area contributed by atoms with E-state index >= 15 is 0 Å². The predicted octanol–water partition coefficient (Wildman–Crippen LogP) is 3.17. The average Bonchev–Trinajstić information content (AvgIpc) is 2.95. The SMILES string of the molecule is Cc1ccc(C)c(C(=O)NCCCc2nc(C(C)C)no2)c1. The summed E-state index contributed by atoms with van der Waals surface area (Å²) in [7, 11) is 0. The lowest BCUT2D eigenvalue weighted by Crippen LogP contribution is -2.25. The lowest BCUT2D eigenvalue weighted by atomic mass is 10.1. The van der Waals surface area contributed by atoms with Crippen molar-refractivity contribution in [2.75, 3.05) is 6.54 Å². The lowest BCUT2D eigenvalue weighted by molar-refractivity contribution is 0.0952. The maximum atomic E-state index is 12.2. The second kappa shape index (κ2) is 7.20. The topological polar surface area (TPSA) is 68.0 Å². The van der Waals surface area contributed by atoms with Crippen LogP contribution in [-0.2, 0) is 6.42 Å². The molecule has 0 saturated carbocycles. The number of aromatic nitrogens is 2. The van der Waals surface area contributed by atoms with E-state index in [1.807, 2.05) is 45.9 Å². The lowest BCUT2D eigenvalue weighted by Gasteiger charge is -2.08. The largest absolute Gasteiger partial charge is 0.352 e. The Morgan fingerprint density at radius 3 is 2.77 bits per heavy atom. The molecule has 1 heterocycles. The van der Waals surface area contributed by atoms with E-state index in [9.17, 15) is 4.79 Å². The van der Waals surface area contributed by atoms with E-state index in [0.29, 0.717) is 18.9 Å². The highest BCUT2D eigenvalue weighted by molar-refractivity contribution is 5.95. The Morgan fingerprint density at radius 1 is 1.32 bits per heavy atom. The van der Waals surface area contributed by atoms with Gasteiger partial charge in [-0.2, -0.15) is 4.98 Å². The molecular formula is C17H23N3O2.